The van der Waals surface area contributed by atoms with Crippen LogP contribution in [-0.2, 0) is 14.3 Å². The van der Waals surface area contributed by atoms with Gasteiger partial charge in [-0.3, -0.25) is 14.2 Å². The van der Waals surface area contributed by atoms with Crippen LogP contribution in [0.15, 0.2) is 67.3 Å². The summed E-state index contributed by atoms with van der Waals surface area (Å²) in [6, 6.07) is 16.5. The van der Waals surface area contributed by atoms with E-state index in [1.54, 1.807) is 29.9 Å². The fraction of sp³-hybridized carbons (Fsp3) is 0.409. The first-order valence-electron chi connectivity index (χ1n) is 20.1. The molecule has 0 bridgehead atoms. The topological polar surface area (TPSA) is 142 Å². The van der Waals surface area contributed by atoms with Gasteiger partial charge in [0.05, 0.1) is 71.0 Å². The number of fused-ring (bicyclic) bond motifs is 5. The molecule has 0 aliphatic carbocycles. The van der Waals surface area contributed by atoms with Crippen molar-refractivity contribution in [1.82, 2.24) is 40.0 Å². The molecule has 1 amide bonds. The van der Waals surface area contributed by atoms with Crippen molar-refractivity contribution in [3.63, 3.8) is 0 Å². The van der Waals surface area contributed by atoms with Crippen molar-refractivity contribution in [1.29, 1.82) is 0 Å². The highest BCUT2D eigenvalue weighted by molar-refractivity contribution is 7.12. The molecule has 0 spiro atoms. The second-order valence-electron chi connectivity index (χ2n) is 15.5. The van der Waals surface area contributed by atoms with E-state index >= 15 is 4.39 Å². The molecule has 7 heterocycles. The van der Waals surface area contributed by atoms with Gasteiger partial charge in [0.25, 0.3) is 6.47 Å². The second-order valence-corrected chi connectivity index (χ2v) is 16.7. The maximum absolute atomic E-state index is 15.9. The minimum atomic E-state index is -0.415. The van der Waals surface area contributed by atoms with Crippen LogP contribution in [-0.4, -0.2) is 81.6 Å². The number of hydrogen-bond acceptors (Lipinski definition) is 9. The lowest BCUT2D eigenvalue weighted by Crippen LogP contribution is -2.47. The number of H-pyrrole nitrogens is 2. The molecular formula is C44H53FN8O4S. The van der Waals surface area contributed by atoms with Gasteiger partial charge in [-0.05, 0) is 93.6 Å². The van der Waals surface area contributed by atoms with Crippen molar-refractivity contribution in [2.45, 2.75) is 77.6 Å². The van der Waals surface area contributed by atoms with Gasteiger partial charge in [-0.25, -0.2) is 14.4 Å². The summed E-state index contributed by atoms with van der Waals surface area (Å²) in [5, 5.41) is 7.61. The zero-order valence-corrected chi connectivity index (χ0v) is 34.8. The first-order chi connectivity index (χ1) is 28.1. The molecule has 3 aliphatic rings. The molecule has 4 N–H and O–H groups in total. The molecule has 2 aromatic carbocycles. The summed E-state index contributed by atoms with van der Waals surface area (Å²) >= 11 is 1.74. The Morgan fingerprint density at radius 1 is 1.03 bits per heavy atom. The number of aromatic amines is 2. The van der Waals surface area contributed by atoms with Crippen molar-refractivity contribution in [3.05, 3.63) is 88.6 Å². The number of amides is 1. The molecule has 14 heteroatoms. The van der Waals surface area contributed by atoms with Gasteiger partial charge in [0.15, 0.2) is 0 Å². The fourth-order valence-corrected chi connectivity index (χ4v) is 9.00. The molecule has 3 unspecified atom stereocenters. The quantitative estimate of drug-likeness (QED) is 0.107. The molecule has 2 fully saturated rings. The van der Waals surface area contributed by atoms with E-state index in [0.717, 1.165) is 76.7 Å². The second kappa shape index (κ2) is 18.1. The molecule has 306 valence electrons. The van der Waals surface area contributed by atoms with E-state index in [1.165, 1.54) is 24.8 Å². The summed E-state index contributed by atoms with van der Waals surface area (Å²) in [5.74, 6) is 2.23. The van der Waals surface area contributed by atoms with E-state index in [1.807, 2.05) is 24.2 Å². The van der Waals surface area contributed by atoms with Crippen LogP contribution in [0.1, 0.15) is 87.1 Å². The van der Waals surface area contributed by atoms with Crippen molar-refractivity contribution in [3.8, 4) is 39.5 Å². The summed E-state index contributed by atoms with van der Waals surface area (Å²) in [4.78, 5) is 40.5. The zero-order valence-electron chi connectivity index (χ0n) is 34.0. The van der Waals surface area contributed by atoms with Gasteiger partial charge in [0.2, 0.25) is 12.1 Å². The van der Waals surface area contributed by atoms with Crippen LogP contribution >= 0.6 is 11.3 Å². The maximum Gasteiger partial charge on any atom is 0.292 e. The molecule has 0 radical (unpaired) electrons. The van der Waals surface area contributed by atoms with Gasteiger partial charge >= 0.3 is 0 Å². The molecule has 3 aliphatic heterocycles. The van der Waals surface area contributed by atoms with E-state index in [4.69, 9.17) is 9.53 Å². The van der Waals surface area contributed by atoms with E-state index in [0.29, 0.717) is 35.2 Å². The van der Waals surface area contributed by atoms with Gasteiger partial charge in [-0.1, -0.05) is 33.8 Å². The minimum absolute atomic E-state index is 0.00176. The van der Waals surface area contributed by atoms with E-state index in [2.05, 4.69) is 104 Å². The number of rotatable bonds is 9. The molecule has 6 aromatic rings. The molecule has 4 aromatic heterocycles. The van der Waals surface area contributed by atoms with Gasteiger partial charge in [-0.2, -0.15) is 0 Å². The summed E-state index contributed by atoms with van der Waals surface area (Å²) in [7, 11) is 3.17. The lowest BCUT2D eigenvalue weighted by Gasteiger charge is -2.30. The fourth-order valence-electron chi connectivity index (χ4n) is 7.97. The number of halogens is 1. The number of likely N-dealkylation sites (tertiary alicyclic amines) is 1. The Kier molecular flexibility index (Phi) is 12.7. The smallest absolute Gasteiger partial charge is 0.292 e. The van der Waals surface area contributed by atoms with Gasteiger partial charge < -0.3 is 35.0 Å². The largest absolute Gasteiger partial charge is 0.471 e. The van der Waals surface area contributed by atoms with Gasteiger partial charge in [0, 0.05) is 34.5 Å². The predicted molar refractivity (Wildman–Crippen MR) is 226 cm³/mol. The highest BCUT2D eigenvalue weighted by Gasteiger charge is 2.33. The summed E-state index contributed by atoms with van der Waals surface area (Å²) in [6.07, 6.45) is 9.37. The monoisotopic (exact) mass is 808 g/mol. The summed E-state index contributed by atoms with van der Waals surface area (Å²) < 4.78 is 28.6. The zero-order chi connectivity index (χ0) is 40.9. The normalized spacial score (nSPS) is 17.6. The Hall–Kier alpha value is -5.31. The van der Waals surface area contributed by atoms with Crippen molar-refractivity contribution < 1.29 is 23.5 Å². The molecule has 58 heavy (non-hydrogen) atoms. The predicted octanol–water partition coefficient (Wildman–Crippen LogP) is 8.42. The lowest BCUT2D eigenvalue weighted by atomic mass is 10.0. The molecule has 2 saturated heterocycles. The van der Waals surface area contributed by atoms with Crippen molar-refractivity contribution >= 4 is 34.6 Å². The number of carbonyl (C=O) groups is 2. The standard InChI is InChI=1S/C32H29FN6OS.C10H20N2O.C2H4O2/c1-17(2)28-7-8-29(41-28)32-39-25-6-5-18(24-15-36-31(38-24)22-4-3-9-35-22)10-20(25)12-26(39)30-21(33)11-19(13-27(30)40-32)23-14-34-16-37-23;1-8(2)9(11-3)10(13)12-6-4-5-7-12;1-4-2-3/h5-8,10-17,22,32,35H,3-4,9H2,1-2H3,(H,34,37)(H,36,38);8-9,11H,4-7H2,1-3H3;2H,1H3. The van der Waals surface area contributed by atoms with Crippen LogP contribution in [0.3, 0.4) is 0 Å². The third kappa shape index (κ3) is 8.45. The minimum Gasteiger partial charge on any atom is -0.471 e. The average molecular weight is 809 g/mol. The van der Waals surface area contributed by atoms with Crippen LogP contribution in [0.5, 0.6) is 5.75 Å². The molecule has 0 saturated carbocycles. The van der Waals surface area contributed by atoms with E-state index < -0.39 is 6.23 Å². The highest BCUT2D eigenvalue weighted by atomic mass is 32.1. The Bertz CT molecular complexity index is 2320. The van der Waals surface area contributed by atoms with Crippen LogP contribution in [0.25, 0.3) is 44.7 Å². The lowest BCUT2D eigenvalue weighted by molar-refractivity contribution is -0.133. The summed E-state index contributed by atoms with van der Waals surface area (Å²) in [5.41, 5.74) is 5.73. The van der Waals surface area contributed by atoms with Crippen LogP contribution in [0.2, 0.25) is 0 Å². The number of ether oxygens (including phenoxy) is 2. The Morgan fingerprint density at radius 2 is 1.83 bits per heavy atom. The van der Waals surface area contributed by atoms with Crippen molar-refractivity contribution in [2.75, 3.05) is 33.8 Å². The molecule has 3 atom stereocenters. The van der Waals surface area contributed by atoms with Crippen LogP contribution < -0.4 is 15.4 Å². The van der Waals surface area contributed by atoms with E-state index in [-0.39, 0.29) is 23.8 Å². The first-order valence-corrected chi connectivity index (χ1v) is 20.9. The number of carbonyl (C=O) groups excluding carboxylic acids is 2. The number of methoxy groups -OCH3 is 1. The average Bonchev–Trinajstić information content (AvgIpc) is 4.08. The Labute approximate surface area is 342 Å². The highest BCUT2D eigenvalue weighted by Crippen LogP contribution is 2.48. The van der Waals surface area contributed by atoms with Gasteiger partial charge in [-0.15, -0.1) is 11.3 Å². The number of thiophene rings is 1. The number of benzene rings is 2. The number of imidazole rings is 2. The van der Waals surface area contributed by atoms with Gasteiger partial charge in [0.1, 0.15) is 17.4 Å². The first kappa shape index (κ1) is 40.9. The Morgan fingerprint density at radius 3 is 2.47 bits per heavy atom. The van der Waals surface area contributed by atoms with Crippen molar-refractivity contribution in [2.24, 2.45) is 5.92 Å². The maximum atomic E-state index is 15.9. The molecular weight excluding hydrogens is 756 g/mol. The number of nitrogens with zero attached hydrogens (tertiary/aromatic N) is 4. The molecule has 9 rings (SSSR count). The number of nitrogens with one attached hydrogen (secondary N) is 4. The number of aromatic nitrogens is 5. The Balaban J connectivity index is 0.000000253. The third-order valence-electron chi connectivity index (χ3n) is 10.9. The SMILES string of the molecule is CC(C)c1ccc(C2Oc3cc(-c4cnc[nH]4)cc(F)c3-c3cc4cc(-c5cnc(C6CCCN6)[nH]5)ccc4n32)s1.CNC(C(=O)N1CCCC1)C(C)C.COC=O. The van der Waals surface area contributed by atoms with Crippen LogP contribution in [0, 0.1) is 11.7 Å². The van der Waals surface area contributed by atoms with Crippen LogP contribution in [0.4, 0.5) is 4.39 Å². The number of likely N-dealkylation sites (N-methyl/N-ethyl adjacent to an activating group) is 1. The number of hydrogen-bond donors (Lipinski definition) is 4. The molecule has 12 nitrogen and oxygen atoms in total. The summed E-state index contributed by atoms with van der Waals surface area (Å²) in [6.45, 7) is 11.8. The third-order valence-corrected chi connectivity index (χ3v) is 12.4. The van der Waals surface area contributed by atoms with E-state index in [9.17, 15) is 4.79 Å².